The van der Waals surface area contributed by atoms with Crippen molar-refractivity contribution in [3.8, 4) is 0 Å². The number of nitrogens with one attached hydrogen (secondary N) is 1. The zero-order valence-electron chi connectivity index (χ0n) is 13.5. The first-order chi connectivity index (χ1) is 11.2. The van der Waals surface area contributed by atoms with E-state index in [9.17, 15) is 22.8 Å². The molecule has 2 amide bonds. The van der Waals surface area contributed by atoms with E-state index in [4.69, 9.17) is 0 Å². The minimum Gasteiger partial charge on any atom is -0.347 e. The largest absolute Gasteiger partial charge is 0.405 e. The SMILES string of the molecule is Cc1cccc(CC(=O)N2CCC(C(=O)NCC(F)(F)F)CC2)c1. The van der Waals surface area contributed by atoms with Crippen LogP contribution >= 0.6 is 0 Å². The molecule has 1 fully saturated rings. The predicted octanol–water partition coefficient (Wildman–Crippen LogP) is 2.45. The summed E-state index contributed by atoms with van der Waals surface area (Å²) in [4.78, 5) is 25.7. The van der Waals surface area contributed by atoms with Crippen molar-refractivity contribution in [1.29, 1.82) is 0 Å². The van der Waals surface area contributed by atoms with E-state index in [2.05, 4.69) is 0 Å². The van der Waals surface area contributed by atoms with Crippen molar-refractivity contribution in [3.05, 3.63) is 35.4 Å². The molecule has 1 aromatic rings. The molecule has 132 valence electrons. The molecule has 24 heavy (non-hydrogen) atoms. The Morgan fingerprint density at radius 1 is 1.25 bits per heavy atom. The van der Waals surface area contributed by atoms with Gasteiger partial charge in [0.2, 0.25) is 11.8 Å². The van der Waals surface area contributed by atoms with E-state index in [0.29, 0.717) is 32.4 Å². The third-order valence-corrected chi connectivity index (χ3v) is 4.12. The van der Waals surface area contributed by atoms with E-state index >= 15 is 0 Å². The van der Waals surface area contributed by atoms with Crippen molar-refractivity contribution < 1.29 is 22.8 Å². The summed E-state index contributed by atoms with van der Waals surface area (Å²) in [5.41, 5.74) is 2.02. The molecular weight excluding hydrogens is 321 g/mol. The van der Waals surface area contributed by atoms with Gasteiger partial charge in [0.05, 0.1) is 6.42 Å². The van der Waals surface area contributed by atoms with Gasteiger partial charge >= 0.3 is 6.18 Å². The zero-order valence-corrected chi connectivity index (χ0v) is 13.5. The van der Waals surface area contributed by atoms with Crippen LogP contribution in [0.1, 0.15) is 24.0 Å². The van der Waals surface area contributed by atoms with Crippen LogP contribution in [-0.4, -0.2) is 42.5 Å². The highest BCUT2D eigenvalue weighted by atomic mass is 19.4. The van der Waals surface area contributed by atoms with Gasteiger partial charge < -0.3 is 10.2 Å². The van der Waals surface area contributed by atoms with Crippen LogP contribution in [0.5, 0.6) is 0 Å². The van der Waals surface area contributed by atoms with E-state index in [1.165, 1.54) is 0 Å². The van der Waals surface area contributed by atoms with Crippen molar-refractivity contribution in [3.63, 3.8) is 0 Å². The van der Waals surface area contributed by atoms with Crippen LogP contribution in [-0.2, 0) is 16.0 Å². The number of aryl methyl sites for hydroxylation is 1. The number of piperidine rings is 1. The molecule has 0 unspecified atom stereocenters. The lowest BCUT2D eigenvalue weighted by molar-refractivity contribution is -0.142. The Morgan fingerprint density at radius 2 is 1.92 bits per heavy atom. The van der Waals surface area contributed by atoms with Crippen molar-refractivity contribution in [2.75, 3.05) is 19.6 Å². The molecule has 1 aromatic carbocycles. The van der Waals surface area contributed by atoms with Crippen LogP contribution < -0.4 is 5.32 Å². The number of nitrogens with zero attached hydrogens (tertiary/aromatic N) is 1. The molecule has 1 aliphatic heterocycles. The van der Waals surface area contributed by atoms with Gasteiger partial charge in [-0.2, -0.15) is 13.2 Å². The normalized spacial score (nSPS) is 16.1. The van der Waals surface area contributed by atoms with Crippen LogP contribution in [0.3, 0.4) is 0 Å². The van der Waals surface area contributed by atoms with E-state index in [0.717, 1.165) is 11.1 Å². The summed E-state index contributed by atoms with van der Waals surface area (Å²) in [6.07, 6.45) is -3.32. The highest BCUT2D eigenvalue weighted by Crippen LogP contribution is 2.19. The molecule has 1 saturated heterocycles. The minimum absolute atomic E-state index is 0.0188. The number of hydrogen-bond acceptors (Lipinski definition) is 2. The summed E-state index contributed by atoms with van der Waals surface area (Å²) in [5.74, 6) is -1.07. The van der Waals surface area contributed by atoms with Gasteiger partial charge in [-0.05, 0) is 25.3 Å². The number of amides is 2. The summed E-state index contributed by atoms with van der Waals surface area (Å²) in [6, 6.07) is 7.70. The van der Waals surface area contributed by atoms with Gasteiger partial charge in [0, 0.05) is 19.0 Å². The first-order valence-corrected chi connectivity index (χ1v) is 7.92. The summed E-state index contributed by atoms with van der Waals surface area (Å²) >= 11 is 0. The van der Waals surface area contributed by atoms with Gasteiger partial charge in [0.25, 0.3) is 0 Å². The fourth-order valence-electron chi connectivity index (χ4n) is 2.83. The number of halogens is 3. The molecule has 2 rings (SSSR count). The monoisotopic (exact) mass is 342 g/mol. The Kier molecular flexibility index (Phi) is 5.85. The van der Waals surface area contributed by atoms with Gasteiger partial charge in [-0.25, -0.2) is 0 Å². The van der Waals surface area contributed by atoms with Crippen LogP contribution in [0.4, 0.5) is 13.2 Å². The number of alkyl halides is 3. The van der Waals surface area contributed by atoms with Crippen molar-refractivity contribution in [2.24, 2.45) is 5.92 Å². The molecule has 1 N–H and O–H groups in total. The van der Waals surface area contributed by atoms with E-state index in [1.807, 2.05) is 36.5 Å². The maximum absolute atomic E-state index is 12.3. The maximum Gasteiger partial charge on any atom is 0.405 e. The predicted molar refractivity (Wildman–Crippen MR) is 83.3 cm³/mol. The Bertz CT molecular complexity index is 594. The van der Waals surface area contributed by atoms with E-state index < -0.39 is 24.5 Å². The smallest absolute Gasteiger partial charge is 0.347 e. The van der Waals surface area contributed by atoms with Crippen LogP contribution in [0, 0.1) is 12.8 Å². The summed E-state index contributed by atoms with van der Waals surface area (Å²) in [6.45, 7) is 1.45. The number of hydrogen-bond donors (Lipinski definition) is 1. The standard InChI is InChI=1S/C17H21F3N2O2/c1-12-3-2-4-13(9-12)10-15(23)22-7-5-14(6-8-22)16(24)21-11-17(18,19)20/h2-4,9,14H,5-8,10-11H2,1H3,(H,21,24). The molecule has 0 bridgehead atoms. The van der Waals surface area contributed by atoms with Crippen LogP contribution in [0.2, 0.25) is 0 Å². The van der Waals surface area contributed by atoms with Gasteiger partial charge in [-0.3, -0.25) is 9.59 Å². The topological polar surface area (TPSA) is 49.4 Å². The van der Waals surface area contributed by atoms with Gasteiger partial charge in [0.1, 0.15) is 6.54 Å². The van der Waals surface area contributed by atoms with Gasteiger partial charge in [-0.15, -0.1) is 0 Å². The van der Waals surface area contributed by atoms with Crippen LogP contribution in [0.25, 0.3) is 0 Å². The second-order valence-corrected chi connectivity index (χ2v) is 6.15. The first kappa shape index (κ1) is 18.3. The molecule has 1 aliphatic rings. The highest BCUT2D eigenvalue weighted by molar-refractivity contribution is 5.81. The molecule has 0 saturated carbocycles. The zero-order chi connectivity index (χ0) is 17.7. The number of rotatable bonds is 4. The fraction of sp³-hybridized carbons (Fsp3) is 0.529. The number of benzene rings is 1. The number of carbonyl (C=O) groups excluding carboxylic acids is 2. The van der Waals surface area contributed by atoms with Crippen molar-refractivity contribution in [1.82, 2.24) is 10.2 Å². The second-order valence-electron chi connectivity index (χ2n) is 6.15. The molecule has 0 aromatic heterocycles. The van der Waals surface area contributed by atoms with Crippen LogP contribution in [0.15, 0.2) is 24.3 Å². The third-order valence-electron chi connectivity index (χ3n) is 4.12. The lowest BCUT2D eigenvalue weighted by atomic mass is 9.95. The molecule has 1 heterocycles. The molecular formula is C17H21F3N2O2. The lowest BCUT2D eigenvalue weighted by Crippen LogP contribution is -2.45. The summed E-state index contributed by atoms with van der Waals surface area (Å²) in [7, 11) is 0. The van der Waals surface area contributed by atoms with E-state index in [1.54, 1.807) is 4.90 Å². The summed E-state index contributed by atoms with van der Waals surface area (Å²) in [5, 5.41) is 1.92. The van der Waals surface area contributed by atoms with Crippen molar-refractivity contribution in [2.45, 2.75) is 32.4 Å². The molecule has 0 spiro atoms. The maximum atomic E-state index is 12.3. The fourth-order valence-corrected chi connectivity index (χ4v) is 2.83. The Morgan fingerprint density at radius 3 is 2.50 bits per heavy atom. The molecule has 4 nitrogen and oxygen atoms in total. The Balaban J connectivity index is 1.79. The minimum atomic E-state index is -4.40. The Hall–Kier alpha value is -2.05. The molecule has 0 radical (unpaired) electrons. The highest BCUT2D eigenvalue weighted by Gasteiger charge is 2.31. The average molecular weight is 342 g/mol. The van der Waals surface area contributed by atoms with E-state index in [-0.39, 0.29) is 5.91 Å². The first-order valence-electron chi connectivity index (χ1n) is 7.92. The van der Waals surface area contributed by atoms with Crippen molar-refractivity contribution >= 4 is 11.8 Å². The molecule has 0 atom stereocenters. The van der Waals surface area contributed by atoms with Gasteiger partial charge in [-0.1, -0.05) is 29.8 Å². The summed E-state index contributed by atoms with van der Waals surface area (Å²) < 4.78 is 36.4. The second kappa shape index (κ2) is 7.68. The lowest BCUT2D eigenvalue weighted by Gasteiger charge is -2.31. The molecule has 0 aliphatic carbocycles. The van der Waals surface area contributed by atoms with Gasteiger partial charge in [0.15, 0.2) is 0 Å². The average Bonchev–Trinajstić information content (AvgIpc) is 2.52. The number of likely N-dealkylation sites (tertiary alicyclic amines) is 1. The third kappa shape index (κ3) is 5.54. The number of carbonyl (C=O) groups is 2. The quantitative estimate of drug-likeness (QED) is 0.914. The molecule has 7 heteroatoms. The Labute approximate surface area is 139 Å².